The van der Waals surface area contributed by atoms with E-state index in [0.717, 1.165) is 11.1 Å². The molecule has 3 aliphatic rings. The molecule has 0 N–H and O–H groups in total. The Labute approximate surface area is 170 Å². The highest BCUT2D eigenvalue weighted by atomic mass is 16.5. The topological polar surface area (TPSA) is 59.1 Å². The molecule has 3 fully saturated rings. The van der Waals surface area contributed by atoms with Crippen molar-refractivity contribution in [1.82, 2.24) is 9.80 Å². The lowest BCUT2D eigenvalue weighted by Gasteiger charge is -2.33. The lowest BCUT2D eigenvalue weighted by Crippen LogP contribution is -2.49. The zero-order valence-electron chi connectivity index (χ0n) is 16.4. The van der Waals surface area contributed by atoms with Gasteiger partial charge in [-0.1, -0.05) is 48.5 Å². The Balaban J connectivity index is 1.33. The molecular formula is C23H24N2O4. The number of hydrogen-bond donors (Lipinski definition) is 0. The fourth-order valence-corrected chi connectivity index (χ4v) is 5.01. The van der Waals surface area contributed by atoms with Crippen LogP contribution in [0.25, 0.3) is 0 Å². The molecule has 0 saturated carbocycles. The van der Waals surface area contributed by atoms with Gasteiger partial charge in [-0.2, -0.15) is 0 Å². The minimum atomic E-state index is -0.698. The number of carbonyl (C=O) groups is 2. The van der Waals surface area contributed by atoms with Crippen molar-refractivity contribution in [3.05, 3.63) is 65.7 Å². The number of aryl methyl sites for hydroxylation is 1. The van der Waals surface area contributed by atoms with Gasteiger partial charge in [-0.15, -0.1) is 0 Å². The highest BCUT2D eigenvalue weighted by Gasteiger charge is 2.65. The maximum absolute atomic E-state index is 12.9. The van der Waals surface area contributed by atoms with Crippen molar-refractivity contribution >= 4 is 11.8 Å². The van der Waals surface area contributed by atoms with Gasteiger partial charge in [-0.3, -0.25) is 9.59 Å². The molecule has 6 heteroatoms. The Bertz CT molecular complexity index is 947. The number of para-hydroxylation sites is 1. The van der Waals surface area contributed by atoms with E-state index in [0.29, 0.717) is 31.7 Å². The van der Waals surface area contributed by atoms with Crippen LogP contribution in [0.3, 0.4) is 0 Å². The van der Waals surface area contributed by atoms with E-state index in [9.17, 15) is 9.59 Å². The van der Waals surface area contributed by atoms with Crippen molar-refractivity contribution in [2.24, 2.45) is 0 Å². The molecule has 2 aromatic carbocycles. The van der Waals surface area contributed by atoms with E-state index in [1.165, 1.54) is 0 Å². The van der Waals surface area contributed by atoms with Gasteiger partial charge in [-0.25, -0.2) is 0 Å². The number of rotatable bonds is 4. The summed E-state index contributed by atoms with van der Waals surface area (Å²) in [6, 6.07) is 17.3. The molecule has 29 heavy (non-hydrogen) atoms. The van der Waals surface area contributed by atoms with Gasteiger partial charge in [0.15, 0.2) is 12.3 Å². The zero-order chi connectivity index (χ0) is 20.0. The minimum absolute atomic E-state index is 0.0340. The molecule has 0 unspecified atom stereocenters. The highest BCUT2D eigenvalue weighted by Crippen LogP contribution is 2.51. The summed E-state index contributed by atoms with van der Waals surface area (Å²) >= 11 is 0. The maximum atomic E-state index is 12.9. The van der Waals surface area contributed by atoms with Crippen molar-refractivity contribution in [2.75, 3.05) is 19.8 Å². The Morgan fingerprint density at radius 1 is 1.17 bits per heavy atom. The van der Waals surface area contributed by atoms with Gasteiger partial charge in [0.25, 0.3) is 5.91 Å². The molecule has 5 rings (SSSR count). The third kappa shape index (κ3) is 2.82. The molecule has 2 amide bonds. The molecule has 150 valence electrons. The molecule has 0 aliphatic carbocycles. The number of hydrogen-bond acceptors (Lipinski definition) is 4. The first-order chi connectivity index (χ1) is 14.1. The van der Waals surface area contributed by atoms with Gasteiger partial charge in [0.2, 0.25) is 5.91 Å². The van der Waals surface area contributed by atoms with Crippen LogP contribution in [0.4, 0.5) is 0 Å². The van der Waals surface area contributed by atoms with Gasteiger partial charge in [0.1, 0.15) is 5.75 Å². The number of amides is 2. The average molecular weight is 392 g/mol. The summed E-state index contributed by atoms with van der Waals surface area (Å²) < 4.78 is 12.0. The van der Waals surface area contributed by atoms with Crippen molar-refractivity contribution in [3.8, 4) is 5.75 Å². The van der Waals surface area contributed by atoms with E-state index in [1.54, 1.807) is 4.90 Å². The van der Waals surface area contributed by atoms with Crippen molar-refractivity contribution in [2.45, 2.75) is 37.6 Å². The summed E-state index contributed by atoms with van der Waals surface area (Å²) in [6.07, 6.45) is 0.947. The first kappa shape index (κ1) is 18.2. The first-order valence-corrected chi connectivity index (χ1v) is 10.1. The number of likely N-dealkylation sites (tertiary alicyclic amines) is 1. The highest BCUT2D eigenvalue weighted by molar-refractivity contribution is 5.85. The molecule has 0 radical (unpaired) electrons. The second-order valence-electron chi connectivity index (χ2n) is 7.96. The van der Waals surface area contributed by atoms with E-state index in [4.69, 9.17) is 9.47 Å². The predicted molar refractivity (Wildman–Crippen MR) is 106 cm³/mol. The quantitative estimate of drug-likeness (QED) is 0.803. The number of nitrogens with zero attached hydrogens (tertiary/aromatic N) is 2. The van der Waals surface area contributed by atoms with Gasteiger partial charge >= 0.3 is 0 Å². The average Bonchev–Trinajstić information content (AvgIpc) is 3.37. The fraction of sp³-hybridized carbons (Fsp3) is 0.391. The lowest BCUT2D eigenvalue weighted by molar-refractivity contribution is -0.142. The van der Waals surface area contributed by atoms with Crippen LogP contribution >= 0.6 is 0 Å². The predicted octanol–water partition coefficient (Wildman–Crippen LogP) is 2.67. The van der Waals surface area contributed by atoms with Gasteiger partial charge in [0.05, 0.1) is 25.1 Å². The summed E-state index contributed by atoms with van der Waals surface area (Å²) in [5.41, 5.74) is 1.37. The number of ether oxygens (including phenoxy) is 2. The van der Waals surface area contributed by atoms with Crippen LogP contribution in [0.1, 0.15) is 30.0 Å². The van der Waals surface area contributed by atoms with Gasteiger partial charge in [-0.05, 0) is 24.1 Å². The molecule has 3 atom stereocenters. The van der Waals surface area contributed by atoms with Crippen LogP contribution < -0.4 is 4.74 Å². The minimum Gasteiger partial charge on any atom is -0.484 e. The molecule has 3 aliphatic heterocycles. The van der Waals surface area contributed by atoms with Crippen LogP contribution in [-0.2, 0) is 14.3 Å². The van der Waals surface area contributed by atoms with E-state index >= 15 is 0 Å². The third-order valence-electron chi connectivity index (χ3n) is 6.40. The standard InChI is InChI=1S/C23H24N2O4/c1-16-7-5-6-10-19(16)28-15-22(27)24-12-11-23-20(24)13-21(26)25(23)18(14-29-23)17-8-3-2-4-9-17/h2-10,18,20H,11-15H2,1H3/t18-,20+,23-/m0/s1. The maximum Gasteiger partial charge on any atom is 0.260 e. The van der Waals surface area contributed by atoms with Crippen molar-refractivity contribution in [1.29, 1.82) is 0 Å². The summed E-state index contributed by atoms with van der Waals surface area (Å²) in [6.45, 7) is 2.96. The van der Waals surface area contributed by atoms with Crippen LogP contribution in [0, 0.1) is 6.92 Å². The summed E-state index contributed by atoms with van der Waals surface area (Å²) in [5.74, 6) is 0.662. The van der Waals surface area contributed by atoms with Crippen LogP contribution in [-0.4, -0.2) is 53.1 Å². The molecule has 0 aromatic heterocycles. The zero-order valence-corrected chi connectivity index (χ0v) is 16.4. The monoisotopic (exact) mass is 392 g/mol. The molecule has 3 heterocycles. The summed E-state index contributed by atoms with van der Waals surface area (Å²) in [7, 11) is 0. The lowest BCUT2D eigenvalue weighted by atomic mass is 10.0. The number of benzene rings is 2. The van der Waals surface area contributed by atoms with Crippen LogP contribution in [0.5, 0.6) is 5.75 Å². The smallest absolute Gasteiger partial charge is 0.260 e. The van der Waals surface area contributed by atoms with E-state index in [-0.39, 0.29) is 30.5 Å². The van der Waals surface area contributed by atoms with E-state index in [2.05, 4.69) is 0 Å². The Morgan fingerprint density at radius 3 is 2.72 bits per heavy atom. The Kier molecular flexibility index (Phi) is 4.32. The third-order valence-corrected chi connectivity index (χ3v) is 6.40. The molecule has 6 nitrogen and oxygen atoms in total. The second-order valence-corrected chi connectivity index (χ2v) is 7.96. The fourth-order valence-electron chi connectivity index (χ4n) is 5.01. The molecule has 0 bridgehead atoms. The van der Waals surface area contributed by atoms with Gasteiger partial charge in [0, 0.05) is 13.0 Å². The van der Waals surface area contributed by atoms with Crippen LogP contribution in [0.2, 0.25) is 0 Å². The summed E-state index contributed by atoms with van der Waals surface area (Å²) in [5, 5.41) is 0. The number of carbonyl (C=O) groups excluding carboxylic acids is 2. The Hall–Kier alpha value is -2.86. The van der Waals surface area contributed by atoms with Crippen molar-refractivity contribution in [3.63, 3.8) is 0 Å². The van der Waals surface area contributed by atoms with E-state index < -0.39 is 5.72 Å². The van der Waals surface area contributed by atoms with Crippen LogP contribution in [0.15, 0.2) is 54.6 Å². The second kappa shape index (κ2) is 6.88. The molecule has 2 aromatic rings. The largest absolute Gasteiger partial charge is 0.484 e. The van der Waals surface area contributed by atoms with E-state index in [1.807, 2.05) is 66.4 Å². The molecular weight excluding hydrogens is 368 g/mol. The SMILES string of the molecule is Cc1ccccc1OCC(=O)N1CC[C@@]23OC[C@@H](c4ccccc4)N2C(=O)C[C@@H]13. The molecule has 3 saturated heterocycles. The normalized spacial score (nSPS) is 27.8. The Morgan fingerprint density at radius 2 is 1.93 bits per heavy atom. The first-order valence-electron chi connectivity index (χ1n) is 10.1. The van der Waals surface area contributed by atoms with Gasteiger partial charge < -0.3 is 19.3 Å². The van der Waals surface area contributed by atoms with Crippen molar-refractivity contribution < 1.29 is 19.1 Å². The summed E-state index contributed by atoms with van der Waals surface area (Å²) in [4.78, 5) is 29.5. The molecule has 1 spiro atoms.